The van der Waals surface area contributed by atoms with Crippen LogP contribution in [0.25, 0.3) is 0 Å². The van der Waals surface area contributed by atoms with Gasteiger partial charge in [0.05, 0.1) is 12.7 Å². The Labute approximate surface area is 110 Å². The second-order valence-electron chi connectivity index (χ2n) is 5.45. The molecule has 0 spiro atoms. The smallest absolute Gasteiger partial charge is 0.102 e. The van der Waals surface area contributed by atoms with E-state index in [0.717, 1.165) is 18.4 Å². The van der Waals surface area contributed by atoms with Gasteiger partial charge in [0.1, 0.15) is 6.10 Å². The molecule has 0 saturated heterocycles. The lowest BCUT2D eigenvalue weighted by molar-refractivity contribution is -0.0246. The number of aliphatic hydroxyl groups is 1. The van der Waals surface area contributed by atoms with Crippen molar-refractivity contribution in [3.05, 3.63) is 34.9 Å². The van der Waals surface area contributed by atoms with Gasteiger partial charge in [0.25, 0.3) is 0 Å². The molecular weight excluding hydrogens is 224 g/mol. The maximum Gasteiger partial charge on any atom is 0.102 e. The highest BCUT2D eigenvalue weighted by Gasteiger charge is 2.16. The molecule has 2 nitrogen and oxygen atoms in total. The molecule has 1 aliphatic rings. The van der Waals surface area contributed by atoms with E-state index in [1.807, 2.05) is 6.07 Å². The van der Waals surface area contributed by atoms with Crippen LogP contribution in [0.5, 0.6) is 0 Å². The molecule has 1 aromatic rings. The minimum Gasteiger partial charge on any atom is -0.386 e. The predicted molar refractivity (Wildman–Crippen MR) is 73.7 cm³/mol. The van der Waals surface area contributed by atoms with E-state index in [4.69, 9.17) is 4.74 Å². The third kappa shape index (κ3) is 3.56. The predicted octanol–water partition coefficient (Wildman–Crippen LogP) is 3.69. The summed E-state index contributed by atoms with van der Waals surface area (Å²) in [5.41, 5.74) is 3.46. The summed E-state index contributed by atoms with van der Waals surface area (Å²) in [5.74, 6) is 0. The van der Waals surface area contributed by atoms with E-state index in [-0.39, 0.29) is 0 Å². The summed E-state index contributed by atoms with van der Waals surface area (Å²) in [6.07, 6.45) is 6.04. The largest absolute Gasteiger partial charge is 0.386 e. The van der Waals surface area contributed by atoms with Crippen LogP contribution in [-0.4, -0.2) is 17.8 Å². The molecule has 0 heterocycles. The SMILES string of the molecule is Cc1ccc(C(O)COC2CCCCC2)cc1C. The Kier molecular flexibility index (Phi) is 4.79. The molecule has 18 heavy (non-hydrogen) atoms. The lowest BCUT2D eigenvalue weighted by Crippen LogP contribution is -2.20. The highest BCUT2D eigenvalue weighted by molar-refractivity contribution is 5.31. The number of aliphatic hydroxyl groups excluding tert-OH is 1. The van der Waals surface area contributed by atoms with Gasteiger partial charge in [-0.2, -0.15) is 0 Å². The van der Waals surface area contributed by atoms with Crippen LogP contribution in [0.3, 0.4) is 0 Å². The van der Waals surface area contributed by atoms with Crippen LogP contribution in [0.4, 0.5) is 0 Å². The van der Waals surface area contributed by atoms with Crippen molar-refractivity contribution in [1.29, 1.82) is 0 Å². The van der Waals surface area contributed by atoms with E-state index in [0.29, 0.717) is 12.7 Å². The average molecular weight is 248 g/mol. The molecule has 1 saturated carbocycles. The number of benzene rings is 1. The molecule has 1 fully saturated rings. The van der Waals surface area contributed by atoms with E-state index in [2.05, 4.69) is 26.0 Å². The van der Waals surface area contributed by atoms with Crippen molar-refractivity contribution in [2.24, 2.45) is 0 Å². The minimum atomic E-state index is -0.494. The monoisotopic (exact) mass is 248 g/mol. The minimum absolute atomic E-state index is 0.361. The fraction of sp³-hybridized carbons (Fsp3) is 0.625. The van der Waals surface area contributed by atoms with E-state index in [1.54, 1.807) is 0 Å². The van der Waals surface area contributed by atoms with Gasteiger partial charge in [-0.3, -0.25) is 0 Å². The third-order valence-electron chi connectivity index (χ3n) is 3.96. The number of aryl methyl sites for hydroxylation is 2. The molecule has 0 bridgehead atoms. The van der Waals surface area contributed by atoms with Crippen molar-refractivity contribution >= 4 is 0 Å². The van der Waals surface area contributed by atoms with Crippen LogP contribution in [0.2, 0.25) is 0 Å². The van der Waals surface area contributed by atoms with Gasteiger partial charge in [0, 0.05) is 0 Å². The first-order chi connectivity index (χ1) is 8.66. The highest BCUT2D eigenvalue weighted by Crippen LogP contribution is 2.23. The molecule has 0 amide bonds. The van der Waals surface area contributed by atoms with Gasteiger partial charge >= 0.3 is 0 Å². The van der Waals surface area contributed by atoms with E-state index < -0.39 is 6.10 Å². The molecule has 1 aliphatic carbocycles. The molecule has 0 aromatic heterocycles. The molecule has 1 unspecified atom stereocenters. The second kappa shape index (κ2) is 6.35. The summed E-state index contributed by atoms with van der Waals surface area (Å²) in [4.78, 5) is 0. The van der Waals surface area contributed by atoms with E-state index in [1.165, 1.54) is 30.4 Å². The summed E-state index contributed by atoms with van der Waals surface area (Å²) in [6.45, 7) is 4.59. The zero-order valence-electron chi connectivity index (χ0n) is 11.5. The first kappa shape index (κ1) is 13.6. The van der Waals surface area contributed by atoms with Crippen LogP contribution in [0, 0.1) is 13.8 Å². The Morgan fingerprint density at radius 1 is 1.17 bits per heavy atom. The maximum absolute atomic E-state index is 10.1. The Morgan fingerprint density at radius 2 is 1.89 bits per heavy atom. The average Bonchev–Trinajstić information content (AvgIpc) is 2.40. The first-order valence-corrected chi connectivity index (χ1v) is 7.03. The molecule has 1 atom stereocenters. The fourth-order valence-corrected chi connectivity index (χ4v) is 2.53. The number of ether oxygens (including phenoxy) is 1. The van der Waals surface area contributed by atoms with Crippen LogP contribution in [0.1, 0.15) is 54.9 Å². The van der Waals surface area contributed by atoms with Crippen LogP contribution in [0.15, 0.2) is 18.2 Å². The Hall–Kier alpha value is -0.860. The summed E-state index contributed by atoms with van der Waals surface area (Å²) in [6, 6.07) is 6.12. The molecule has 100 valence electrons. The van der Waals surface area contributed by atoms with Crippen molar-refractivity contribution in [2.75, 3.05) is 6.61 Å². The quantitative estimate of drug-likeness (QED) is 0.880. The van der Waals surface area contributed by atoms with Gasteiger partial charge < -0.3 is 9.84 Å². The zero-order valence-corrected chi connectivity index (χ0v) is 11.5. The summed E-state index contributed by atoms with van der Waals surface area (Å²) >= 11 is 0. The Bertz CT molecular complexity index is 381. The number of hydrogen-bond donors (Lipinski definition) is 1. The summed E-state index contributed by atoms with van der Waals surface area (Å²) in [7, 11) is 0. The van der Waals surface area contributed by atoms with Crippen molar-refractivity contribution < 1.29 is 9.84 Å². The van der Waals surface area contributed by atoms with Crippen molar-refractivity contribution in [1.82, 2.24) is 0 Å². The normalized spacial score (nSPS) is 18.8. The van der Waals surface area contributed by atoms with Gasteiger partial charge in [0.2, 0.25) is 0 Å². The number of rotatable bonds is 4. The fourth-order valence-electron chi connectivity index (χ4n) is 2.53. The zero-order chi connectivity index (χ0) is 13.0. The van der Waals surface area contributed by atoms with Gasteiger partial charge in [-0.1, -0.05) is 37.5 Å². The second-order valence-corrected chi connectivity index (χ2v) is 5.45. The van der Waals surface area contributed by atoms with E-state index in [9.17, 15) is 5.11 Å². The molecule has 0 radical (unpaired) electrons. The lowest BCUT2D eigenvalue weighted by atomic mass is 9.97. The van der Waals surface area contributed by atoms with E-state index >= 15 is 0 Å². The maximum atomic E-state index is 10.1. The molecule has 1 aromatic carbocycles. The molecule has 2 rings (SSSR count). The van der Waals surface area contributed by atoms with Crippen molar-refractivity contribution in [3.63, 3.8) is 0 Å². The molecule has 0 aliphatic heterocycles. The van der Waals surface area contributed by atoms with Crippen LogP contribution < -0.4 is 0 Å². The third-order valence-corrected chi connectivity index (χ3v) is 3.96. The molecule has 2 heteroatoms. The standard InChI is InChI=1S/C16H24O2/c1-12-8-9-14(10-13(12)2)16(17)11-18-15-6-4-3-5-7-15/h8-10,15-17H,3-7,11H2,1-2H3. The number of hydrogen-bond acceptors (Lipinski definition) is 2. The van der Waals surface area contributed by atoms with Crippen molar-refractivity contribution in [3.8, 4) is 0 Å². The van der Waals surface area contributed by atoms with Crippen molar-refractivity contribution in [2.45, 2.75) is 58.2 Å². The lowest BCUT2D eigenvalue weighted by Gasteiger charge is -2.23. The summed E-state index contributed by atoms with van der Waals surface area (Å²) < 4.78 is 5.82. The first-order valence-electron chi connectivity index (χ1n) is 7.03. The van der Waals surface area contributed by atoms with Crippen LogP contribution >= 0.6 is 0 Å². The summed E-state index contributed by atoms with van der Waals surface area (Å²) in [5, 5.41) is 10.1. The van der Waals surface area contributed by atoms with Crippen LogP contribution in [-0.2, 0) is 4.74 Å². The highest BCUT2D eigenvalue weighted by atomic mass is 16.5. The Balaban J connectivity index is 1.86. The molecule has 1 N–H and O–H groups in total. The van der Waals surface area contributed by atoms with Gasteiger partial charge in [-0.15, -0.1) is 0 Å². The topological polar surface area (TPSA) is 29.5 Å². The van der Waals surface area contributed by atoms with Gasteiger partial charge in [0.15, 0.2) is 0 Å². The van der Waals surface area contributed by atoms with Gasteiger partial charge in [-0.05, 0) is 43.4 Å². The van der Waals surface area contributed by atoms with Gasteiger partial charge in [-0.25, -0.2) is 0 Å². The molecular formula is C16H24O2. The Morgan fingerprint density at radius 3 is 2.56 bits per heavy atom.